The van der Waals surface area contributed by atoms with E-state index in [0.29, 0.717) is 34.6 Å². The second-order valence-corrected chi connectivity index (χ2v) is 10.1. The molecular formula is C31H26ClFN8O3. The SMILES string of the molecule is COC(=O)Nc1ccc(-c2cc([C@H](Cc3ccc(F)cc3)NC(=O)/C=C/c3cc(C)ccc3-n3cnnn3)nnc2Cl)cc1. The summed E-state index contributed by atoms with van der Waals surface area (Å²) in [6.45, 7) is 1.94. The maximum absolute atomic E-state index is 13.6. The van der Waals surface area contributed by atoms with Crippen molar-refractivity contribution < 1.29 is 18.7 Å². The van der Waals surface area contributed by atoms with Crippen LogP contribution in [0.3, 0.4) is 0 Å². The molecule has 13 heteroatoms. The van der Waals surface area contributed by atoms with Crippen molar-refractivity contribution in [2.24, 2.45) is 0 Å². The van der Waals surface area contributed by atoms with Gasteiger partial charge in [-0.3, -0.25) is 10.1 Å². The van der Waals surface area contributed by atoms with E-state index >= 15 is 0 Å². The molecule has 0 aliphatic carbocycles. The monoisotopic (exact) mass is 612 g/mol. The summed E-state index contributed by atoms with van der Waals surface area (Å²) in [4.78, 5) is 24.8. The van der Waals surface area contributed by atoms with E-state index in [4.69, 9.17) is 11.6 Å². The van der Waals surface area contributed by atoms with Crippen LogP contribution in [0, 0.1) is 12.7 Å². The van der Waals surface area contributed by atoms with Gasteiger partial charge in [0.1, 0.15) is 12.1 Å². The first kappa shape index (κ1) is 30.0. The van der Waals surface area contributed by atoms with Gasteiger partial charge >= 0.3 is 6.09 Å². The smallest absolute Gasteiger partial charge is 0.411 e. The summed E-state index contributed by atoms with van der Waals surface area (Å²) in [5.41, 5.74) is 5.46. The van der Waals surface area contributed by atoms with Gasteiger partial charge in [0.2, 0.25) is 5.91 Å². The molecule has 0 aliphatic rings. The molecule has 5 aromatic rings. The number of rotatable bonds is 9. The molecule has 2 heterocycles. The van der Waals surface area contributed by atoms with Gasteiger partial charge in [-0.15, -0.1) is 10.2 Å². The Hall–Kier alpha value is -5.49. The molecule has 222 valence electrons. The number of aromatic nitrogens is 6. The lowest BCUT2D eigenvalue weighted by molar-refractivity contribution is -0.117. The third-order valence-electron chi connectivity index (χ3n) is 6.62. The third-order valence-corrected chi connectivity index (χ3v) is 6.89. The van der Waals surface area contributed by atoms with Crippen molar-refractivity contribution in [3.8, 4) is 16.8 Å². The van der Waals surface area contributed by atoms with Crippen LogP contribution in [0.1, 0.15) is 28.4 Å². The molecule has 44 heavy (non-hydrogen) atoms. The lowest BCUT2D eigenvalue weighted by Crippen LogP contribution is -2.29. The highest BCUT2D eigenvalue weighted by Gasteiger charge is 2.19. The number of tetrazole rings is 1. The number of benzene rings is 3. The van der Waals surface area contributed by atoms with Crippen LogP contribution in [0.4, 0.5) is 14.9 Å². The predicted molar refractivity (Wildman–Crippen MR) is 162 cm³/mol. The van der Waals surface area contributed by atoms with Crippen molar-refractivity contribution in [3.63, 3.8) is 0 Å². The summed E-state index contributed by atoms with van der Waals surface area (Å²) < 4.78 is 19.8. The Labute approximate surface area is 256 Å². The van der Waals surface area contributed by atoms with Gasteiger partial charge in [-0.25, -0.2) is 9.18 Å². The number of anilines is 1. The van der Waals surface area contributed by atoms with E-state index in [2.05, 4.69) is 41.1 Å². The molecule has 5 rings (SSSR count). The maximum Gasteiger partial charge on any atom is 0.411 e. The first-order valence-electron chi connectivity index (χ1n) is 13.3. The average Bonchev–Trinajstić information content (AvgIpc) is 3.56. The molecule has 2 N–H and O–H groups in total. The minimum Gasteiger partial charge on any atom is -0.453 e. The minimum atomic E-state index is -0.641. The summed E-state index contributed by atoms with van der Waals surface area (Å²) in [6, 6.07) is 19.7. The van der Waals surface area contributed by atoms with Crippen molar-refractivity contribution in [2.45, 2.75) is 19.4 Å². The summed E-state index contributed by atoms with van der Waals surface area (Å²) >= 11 is 6.43. The number of nitrogens with one attached hydrogen (secondary N) is 2. The Morgan fingerprint density at radius 2 is 1.82 bits per heavy atom. The molecular weight excluding hydrogens is 587 g/mol. The van der Waals surface area contributed by atoms with Gasteiger partial charge in [-0.05, 0) is 83.4 Å². The van der Waals surface area contributed by atoms with E-state index < -0.39 is 18.0 Å². The largest absolute Gasteiger partial charge is 0.453 e. The van der Waals surface area contributed by atoms with E-state index in [0.717, 1.165) is 16.7 Å². The molecule has 0 unspecified atom stereocenters. The number of methoxy groups -OCH3 is 1. The van der Waals surface area contributed by atoms with Crippen LogP contribution in [0.25, 0.3) is 22.9 Å². The van der Waals surface area contributed by atoms with Gasteiger partial charge in [0.05, 0.1) is 24.5 Å². The topological polar surface area (TPSA) is 137 Å². The summed E-state index contributed by atoms with van der Waals surface area (Å²) in [6.07, 6.45) is 4.28. The van der Waals surface area contributed by atoms with Crippen LogP contribution in [-0.4, -0.2) is 49.5 Å². The lowest BCUT2D eigenvalue weighted by atomic mass is 10.00. The van der Waals surface area contributed by atoms with Gasteiger partial charge in [0.25, 0.3) is 0 Å². The van der Waals surface area contributed by atoms with Crippen molar-refractivity contribution >= 4 is 35.4 Å². The lowest BCUT2D eigenvalue weighted by Gasteiger charge is -2.18. The first-order valence-corrected chi connectivity index (χ1v) is 13.7. The van der Waals surface area contributed by atoms with E-state index in [9.17, 15) is 14.0 Å². The van der Waals surface area contributed by atoms with Crippen LogP contribution in [0.2, 0.25) is 5.15 Å². The molecule has 2 aromatic heterocycles. The van der Waals surface area contributed by atoms with Gasteiger partial charge in [-0.2, -0.15) is 9.78 Å². The zero-order valence-electron chi connectivity index (χ0n) is 23.6. The molecule has 11 nitrogen and oxygen atoms in total. The standard InChI is InChI=1S/C31H26ClFN8O3/c1-19-3-13-28(41-18-34-39-40-41)22(15-19)8-14-29(42)36-26(16-20-4-9-23(33)10-5-20)27-17-25(30(32)38-37-27)21-6-11-24(12-7-21)35-31(43)44-2/h3-15,17-18,26H,16H2,1-2H3,(H,35,43)(H,36,42)/b14-8+/t26-/m0/s1. The number of carbonyl (C=O) groups is 2. The number of halogens is 2. The van der Waals surface area contributed by atoms with Gasteiger partial charge in [0, 0.05) is 22.9 Å². The molecule has 0 spiro atoms. The van der Waals surface area contributed by atoms with Crippen molar-refractivity contribution in [3.05, 3.63) is 119 Å². The van der Waals surface area contributed by atoms with Crippen LogP contribution < -0.4 is 10.6 Å². The molecule has 0 aliphatic heterocycles. The Kier molecular flexibility index (Phi) is 9.31. The molecule has 1 atom stereocenters. The molecule has 0 saturated carbocycles. The fraction of sp³-hybridized carbons (Fsp3) is 0.129. The highest BCUT2D eigenvalue weighted by molar-refractivity contribution is 6.32. The molecule has 0 fully saturated rings. The molecule has 0 saturated heterocycles. The van der Waals surface area contributed by atoms with E-state index in [-0.39, 0.29) is 11.0 Å². The van der Waals surface area contributed by atoms with Crippen molar-refractivity contribution in [2.75, 3.05) is 12.4 Å². The first-order chi connectivity index (χ1) is 21.3. The Balaban J connectivity index is 1.43. The second-order valence-electron chi connectivity index (χ2n) is 9.71. The molecule has 0 bridgehead atoms. The quantitative estimate of drug-likeness (QED) is 0.208. The Morgan fingerprint density at radius 3 is 2.52 bits per heavy atom. The second kappa shape index (κ2) is 13.7. The minimum absolute atomic E-state index is 0.156. The van der Waals surface area contributed by atoms with Gasteiger partial charge < -0.3 is 10.1 Å². The number of hydrogen-bond acceptors (Lipinski definition) is 8. The van der Waals surface area contributed by atoms with Crippen LogP contribution in [0.15, 0.2) is 85.2 Å². The zero-order chi connectivity index (χ0) is 31.1. The highest BCUT2D eigenvalue weighted by atomic mass is 35.5. The van der Waals surface area contributed by atoms with Crippen molar-refractivity contribution in [1.82, 2.24) is 35.7 Å². The Morgan fingerprint density at radius 1 is 1.05 bits per heavy atom. The highest BCUT2D eigenvalue weighted by Crippen LogP contribution is 2.30. The zero-order valence-corrected chi connectivity index (χ0v) is 24.4. The van der Waals surface area contributed by atoms with Crippen LogP contribution in [0.5, 0.6) is 0 Å². The Bertz CT molecular complexity index is 1800. The number of nitrogens with zero attached hydrogens (tertiary/aromatic N) is 6. The summed E-state index contributed by atoms with van der Waals surface area (Å²) in [5, 5.41) is 25.5. The molecule has 0 radical (unpaired) electrons. The number of amides is 2. The maximum atomic E-state index is 13.6. The number of carbonyl (C=O) groups excluding carboxylic acids is 2. The third kappa shape index (κ3) is 7.47. The average molecular weight is 613 g/mol. The number of hydrogen-bond donors (Lipinski definition) is 2. The van der Waals surface area contributed by atoms with E-state index in [1.165, 1.54) is 36.3 Å². The fourth-order valence-electron chi connectivity index (χ4n) is 4.43. The normalized spacial score (nSPS) is 11.7. The fourth-order valence-corrected chi connectivity index (χ4v) is 4.63. The van der Waals surface area contributed by atoms with E-state index in [1.54, 1.807) is 48.5 Å². The van der Waals surface area contributed by atoms with Crippen LogP contribution >= 0.6 is 11.6 Å². The summed E-state index contributed by atoms with van der Waals surface area (Å²) in [7, 11) is 1.28. The molecule has 3 aromatic carbocycles. The van der Waals surface area contributed by atoms with Crippen LogP contribution in [-0.2, 0) is 16.0 Å². The number of ether oxygens (including phenoxy) is 1. The van der Waals surface area contributed by atoms with Crippen molar-refractivity contribution in [1.29, 1.82) is 0 Å². The predicted octanol–water partition coefficient (Wildman–Crippen LogP) is 5.51. The summed E-state index contributed by atoms with van der Waals surface area (Å²) in [5.74, 6) is -0.759. The number of aryl methyl sites for hydroxylation is 1. The van der Waals surface area contributed by atoms with Gasteiger partial charge in [-0.1, -0.05) is 47.5 Å². The molecule has 2 amide bonds. The van der Waals surface area contributed by atoms with E-state index in [1.807, 2.05) is 25.1 Å². The van der Waals surface area contributed by atoms with Gasteiger partial charge in [0.15, 0.2) is 5.15 Å².